The van der Waals surface area contributed by atoms with Gasteiger partial charge in [-0.1, -0.05) is 6.07 Å². The fraction of sp³-hybridized carbons (Fsp3) is 0.421. The first kappa shape index (κ1) is 19.3. The van der Waals surface area contributed by atoms with E-state index in [0.29, 0.717) is 11.5 Å². The van der Waals surface area contributed by atoms with Crippen molar-refractivity contribution >= 4 is 17.4 Å². The van der Waals surface area contributed by atoms with Crippen molar-refractivity contribution in [1.29, 1.82) is 0 Å². The van der Waals surface area contributed by atoms with E-state index < -0.39 is 11.9 Å². The highest BCUT2D eigenvalue weighted by molar-refractivity contribution is 5.92. The van der Waals surface area contributed by atoms with Gasteiger partial charge < -0.3 is 10.6 Å². The fourth-order valence-corrected chi connectivity index (χ4v) is 3.65. The summed E-state index contributed by atoms with van der Waals surface area (Å²) >= 11 is 0. The number of halogens is 3. The minimum atomic E-state index is -4.48. The number of aromatic nitrogens is 4. The number of nitrogens with one attached hydrogen (secondary N) is 2. The van der Waals surface area contributed by atoms with Crippen molar-refractivity contribution in [3.63, 3.8) is 0 Å². The minimum absolute atomic E-state index is 0.0587. The lowest BCUT2D eigenvalue weighted by Crippen LogP contribution is -2.40. The van der Waals surface area contributed by atoms with Crippen LogP contribution < -0.4 is 10.6 Å². The third-order valence-electron chi connectivity index (χ3n) is 5.14. The molecule has 0 aromatic carbocycles. The van der Waals surface area contributed by atoms with Crippen LogP contribution in [0.5, 0.6) is 0 Å². The smallest absolute Gasteiger partial charge is 0.368 e. The number of hydrogen-bond donors (Lipinski definition) is 2. The van der Waals surface area contributed by atoms with Crippen molar-refractivity contribution in [3.8, 4) is 0 Å². The Labute approximate surface area is 164 Å². The zero-order valence-corrected chi connectivity index (χ0v) is 15.8. The summed E-state index contributed by atoms with van der Waals surface area (Å²) in [6, 6.07) is 6.81. The largest absolute Gasteiger partial charge is 0.434 e. The normalized spacial score (nSPS) is 20.0. The van der Waals surface area contributed by atoms with E-state index in [9.17, 15) is 18.0 Å². The summed E-state index contributed by atoms with van der Waals surface area (Å²) in [5.74, 6) is 0.386. The summed E-state index contributed by atoms with van der Waals surface area (Å²) in [5.41, 5.74) is -0.272. The second-order valence-electron chi connectivity index (χ2n) is 7.30. The molecule has 10 heteroatoms. The van der Waals surface area contributed by atoms with Crippen LogP contribution in [0.1, 0.15) is 41.9 Å². The monoisotopic (exact) mass is 406 g/mol. The van der Waals surface area contributed by atoms with Crippen LogP contribution in [0.25, 0.3) is 5.65 Å². The van der Waals surface area contributed by atoms with E-state index in [4.69, 9.17) is 0 Å². The fourth-order valence-electron chi connectivity index (χ4n) is 3.65. The number of aryl methyl sites for hydroxylation is 1. The molecule has 1 aliphatic rings. The van der Waals surface area contributed by atoms with Crippen LogP contribution in [0.3, 0.4) is 0 Å². The van der Waals surface area contributed by atoms with Gasteiger partial charge in [-0.25, -0.2) is 4.98 Å². The first-order valence-electron chi connectivity index (χ1n) is 9.42. The Hall–Kier alpha value is -3.04. The molecule has 1 fully saturated rings. The van der Waals surface area contributed by atoms with Crippen LogP contribution in [0, 0.1) is 0 Å². The van der Waals surface area contributed by atoms with Crippen LogP contribution in [0.2, 0.25) is 0 Å². The number of rotatable bonds is 4. The molecule has 0 atom stereocenters. The number of alkyl halides is 3. The topological polar surface area (TPSA) is 76.2 Å². The maximum atomic E-state index is 13.0. The molecular formula is C19H21F3N6O. The minimum Gasteiger partial charge on any atom is -0.368 e. The van der Waals surface area contributed by atoms with Gasteiger partial charge in [0.1, 0.15) is 17.2 Å². The summed E-state index contributed by atoms with van der Waals surface area (Å²) in [6.45, 7) is 0. The number of carbonyl (C=O) groups excluding carboxylic acids is 1. The Bertz CT molecular complexity index is 1020. The number of carbonyl (C=O) groups is 1. The van der Waals surface area contributed by atoms with E-state index in [1.165, 1.54) is 4.40 Å². The molecule has 0 bridgehead atoms. The zero-order valence-electron chi connectivity index (χ0n) is 15.8. The van der Waals surface area contributed by atoms with Crippen molar-refractivity contribution in [1.82, 2.24) is 24.5 Å². The van der Waals surface area contributed by atoms with Gasteiger partial charge in [0.25, 0.3) is 5.91 Å². The number of hydrogen-bond acceptors (Lipinski definition) is 4. The number of imidazole rings is 1. The van der Waals surface area contributed by atoms with Crippen molar-refractivity contribution in [2.24, 2.45) is 7.05 Å². The molecule has 1 aliphatic carbocycles. The lowest BCUT2D eigenvalue weighted by molar-refractivity contribution is -0.140. The second-order valence-corrected chi connectivity index (χ2v) is 7.30. The summed E-state index contributed by atoms with van der Waals surface area (Å²) in [5, 5.41) is 10.4. The van der Waals surface area contributed by atoms with Gasteiger partial charge >= 0.3 is 6.18 Å². The molecule has 1 saturated carbocycles. The molecule has 3 heterocycles. The van der Waals surface area contributed by atoms with Crippen molar-refractivity contribution in [2.45, 2.75) is 43.9 Å². The van der Waals surface area contributed by atoms with Crippen molar-refractivity contribution in [3.05, 3.63) is 48.0 Å². The molecule has 7 nitrogen and oxygen atoms in total. The lowest BCUT2D eigenvalue weighted by Gasteiger charge is -2.30. The molecule has 2 N–H and O–H groups in total. The van der Waals surface area contributed by atoms with E-state index in [1.54, 1.807) is 42.2 Å². The van der Waals surface area contributed by atoms with Crippen molar-refractivity contribution < 1.29 is 18.0 Å². The number of anilines is 1. The van der Waals surface area contributed by atoms with Crippen LogP contribution in [-0.4, -0.2) is 37.2 Å². The number of nitrogens with zero attached hydrogens (tertiary/aromatic N) is 4. The Morgan fingerprint density at radius 2 is 1.86 bits per heavy atom. The van der Waals surface area contributed by atoms with Gasteiger partial charge in [0, 0.05) is 31.5 Å². The number of amides is 1. The van der Waals surface area contributed by atoms with Gasteiger partial charge in [0.05, 0.1) is 0 Å². The van der Waals surface area contributed by atoms with E-state index in [0.717, 1.165) is 31.9 Å². The Kier molecular flexibility index (Phi) is 4.93. The molecule has 4 rings (SSSR count). The van der Waals surface area contributed by atoms with Gasteiger partial charge in [-0.2, -0.15) is 18.3 Å². The Morgan fingerprint density at radius 1 is 1.14 bits per heavy atom. The van der Waals surface area contributed by atoms with Crippen LogP contribution in [0.4, 0.5) is 19.0 Å². The molecule has 0 aliphatic heterocycles. The predicted octanol–water partition coefficient (Wildman–Crippen LogP) is 3.24. The molecule has 0 unspecified atom stereocenters. The van der Waals surface area contributed by atoms with Gasteiger partial charge in [-0.3, -0.25) is 13.9 Å². The average molecular weight is 406 g/mol. The van der Waals surface area contributed by atoms with E-state index in [2.05, 4.69) is 20.7 Å². The van der Waals surface area contributed by atoms with Crippen LogP contribution >= 0.6 is 0 Å². The Morgan fingerprint density at radius 3 is 2.52 bits per heavy atom. The van der Waals surface area contributed by atoms with Crippen LogP contribution in [-0.2, 0) is 13.2 Å². The summed E-state index contributed by atoms with van der Waals surface area (Å²) in [6.07, 6.45) is 1.41. The van der Waals surface area contributed by atoms with Crippen LogP contribution in [0.15, 0.2) is 36.7 Å². The standard InChI is InChI=1S/C19H21F3N6O/c1-27-10-9-14(26-27)18(29)24-13-7-5-12(6-8-13)23-16-3-2-4-17-25-15(11-28(16)17)19(20,21)22/h2-4,9-13,23H,5-8H2,1H3,(H,24,29)/t12-,13+. The highest BCUT2D eigenvalue weighted by Crippen LogP contribution is 2.30. The molecule has 0 saturated heterocycles. The molecule has 3 aromatic rings. The highest BCUT2D eigenvalue weighted by atomic mass is 19.4. The van der Waals surface area contributed by atoms with Gasteiger partial charge in [0.2, 0.25) is 0 Å². The lowest BCUT2D eigenvalue weighted by atomic mass is 9.91. The molecule has 1 amide bonds. The molecule has 3 aromatic heterocycles. The van der Waals surface area contributed by atoms with Crippen molar-refractivity contribution in [2.75, 3.05) is 5.32 Å². The molecule has 0 radical (unpaired) electrons. The molecule has 29 heavy (non-hydrogen) atoms. The molecule has 154 valence electrons. The molecular weight excluding hydrogens is 385 g/mol. The van der Waals surface area contributed by atoms with Gasteiger partial charge in [-0.15, -0.1) is 0 Å². The predicted molar refractivity (Wildman–Crippen MR) is 101 cm³/mol. The number of pyridine rings is 1. The molecule has 0 spiro atoms. The zero-order chi connectivity index (χ0) is 20.6. The highest BCUT2D eigenvalue weighted by Gasteiger charge is 2.34. The summed E-state index contributed by atoms with van der Waals surface area (Å²) < 4.78 is 41.9. The average Bonchev–Trinajstić information content (AvgIpc) is 3.30. The van der Waals surface area contributed by atoms with E-state index >= 15 is 0 Å². The van der Waals surface area contributed by atoms with E-state index in [1.807, 2.05) is 0 Å². The number of fused-ring (bicyclic) bond motifs is 1. The summed E-state index contributed by atoms with van der Waals surface area (Å²) in [7, 11) is 1.76. The summed E-state index contributed by atoms with van der Waals surface area (Å²) in [4.78, 5) is 15.9. The van der Waals surface area contributed by atoms with Gasteiger partial charge in [0.15, 0.2) is 5.69 Å². The SMILES string of the molecule is Cn1ccc(C(=O)N[C@H]2CC[C@@H](Nc3cccc4nc(C(F)(F)F)cn34)CC2)n1. The maximum Gasteiger partial charge on any atom is 0.434 e. The third kappa shape index (κ3) is 4.20. The van der Waals surface area contributed by atoms with Gasteiger partial charge in [-0.05, 0) is 43.9 Å². The Balaban J connectivity index is 1.37. The van der Waals surface area contributed by atoms with E-state index in [-0.39, 0.29) is 23.6 Å². The maximum absolute atomic E-state index is 13.0. The third-order valence-corrected chi connectivity index (χ3v) is 5.14. The first-order valence-corrected chi connectivity index (χ1v) is 9.42. The second kappa shape index (κ2) is 7.41. The quantitative estimate of drug-likeness (QED) is 0.698. The first-order chi connectivity index (χ1) is 13.8.